The van der Waals surface area contributed by atoms with Crippen LogP contribution in [-0.2, 0) is 21.4 Å². The van der Waals surface area contributed by atoms with Crippen LogP contribution in [0.1, 0.15) is 31.4 Å². The Hall–Kier alpha value is -2.19. The van der Waals surface area contributed by atoms with Crippen LogP contribution in [0.25, 0.3) is 0 Å². The molecule has 1 saturated heterocycles. The first-order valence-electron chi connectivity index (χ1n) is 9.00. The van der Waals surface area contributed by atoms with Crippen LogP contribution in [-0.4, -0.2) is 31.7 Å². The number of benzene rings is 1. The van der Waals surface area contributed by atoms with Crippen LogP contribution in [0, 0.1) is 11.7 Å². The Morgan fingerprint density at radius 2 is 1.93 bits per heavy atom. The van der Waals surface area contributed by atoms with Gasteiger partial charge in [-0.2, -0.15) is 4.31 Å². The highest BCUT2D eigenvalue weighted by molar-refractivity contribution is 7.89. The second-order valence-electron chi connectivity index (χ2n) is 6.67. The van der Waals surface area contributed by atoms with Crippen molar-refractivity contribution >= 4 is 15.9 Å². The lowest BCUT2D eigenvalue weighted by Crippen LogP contribution is -2.39. The number of nitrogens with zero attached hydrogens (tertiary/aromatic N) is 1. The average molecular weight is 394 g/mol. The summed E-state index contributed by atoms with van der Waals surface area (Å²) < 4.78 is 45.5. The van der Waals surface area contributed by atoms with Crippen LogP contribution in [0.15, 0.2) is 52.0 Å². The summed E-state index contributed by atoms with van der Waals surface area (Å²) in [6.07, 6.45) is 3.99. The third kappa shape index (κ3) is 4.95. The van der Waals surface area contributed by atoms with Gasteiger partial charge in [0.15, 0.2) is 0 Å². The number of rotatable bonds is 7. The molecule has 0 aliphatic carbocycles. The summed E-state index contributed by atoms with van der Waals surface area (Å²) in [5.74, 6) is 0.210. The van der Waals surface area contributed by atoms with Crippen molar-refractivity contribution in [2.75, 3.05) is 13.1 Å². The van der Waals surface area contributed by atoms with E-state index in [2.05, 4.69) is 5.32 Å². The first-order valence-corrected chi connectivity index (χ1v) is 10.4. The Balaban J connectivity index is 1.45. The zero-order chi connectivity index (χ0) is 19.3. The smallest absolute Gasteiger partial charge is 0.245 e. The van der Waals surface area contributed by atoms with Gasteiger partial charge in [-0.15, -0.1) is 0 Å². The molecule has 0 spiro atoms. The second kappa shape index (κ2) is 8.67. The van der Waals surface area contributed by atoms with Gasteiger partial charge in [-0.1, -0.05) is 12.1 Å². The number of hydrogen-bond acceptors (Lipinski definition) is 4. The van der Waals surface area contributed by atoms with Gasteiger partial charge in [0.1, 0.15) is 16.5 Å². The van der Waals surface area contributed by atoms with Gasteiger partial charge in [-0.25, -0.2) is 12.8 Å². The molecule has 0 radical (unpaired) electrons. The van der Waals surface area contributed by atoms with Crippen LogP contribution < -0.4 is 5.32 Å². The molecule has 1 amide bonds. The lowest BCUT2D eigenvalue weighted by Gasteiger charge is -2.31. The van der Waals surface area contributed by atoms with E-state index in [1.54, 1.807) is 18.4 Å². The fourth-order valence-electron chi connectivity index (χ4n) is 3.25. The van der Waals surface area contributed by atoms with Gasteiger partial charge in [0, 0.05) is 19.5 Å². The van der Waals surface area contributed by atoms with Crippen molar-refractivity contribution in [1.82, 2.24) is 9.62 Å². The van der Waals surface area contributed by atoms with Crippen molar-refractivity contribution in [2.24, 2.45) is 5.92 Å². The molecule has 0 unspecified atom stereocenters. The Kier molecular flexibility index (Phi) is 6.28. The molecule has 3 rings (SSSR count). The summed E-state index contributed by atoms with van der Waals surface area (Å²) in [6.45, 7) is 1.05. The van der Waals surface area contributed by atoms with E-state index in [4.69, 9.17) is 4.42 Å². The van der Waals surface area contributed by atoms with Crippen molar-refractivity contribution in [3.8, 4) is 0 Å². The van der Waals surface area contributed by atoms with Gasteiger partial charge in [-0.05, 0) is 49.4 Å². The summed E-state index contributed by atoms with van der Waals surface area (Å²) >= 11 is 0. The SMILES string of the molecule is O=C(CCC1CCN(S(=O)(=O)c2ccccc2F)CC1)NCc1ccco1. The van der Waals surface area contributed by atoms with Crippen LogP contribution in [0.4, 0.5) is 4.39 Å². The maximum atomic E-state index is 13.8. The zero-order valence-corrected chi connectivity index (χ0v) is 15.8. The third-order valence-electron chi connectivity index (χ3n) is 4.85. The summed E-state index contributed by atoms with van der Waals surface area (Å²) in [5, 5.41) is 2.80. The minimum absolute atomic E-state index is 0.0483. The fourth-order valence-corrected chi connectivity index (χ4v) is 4.79. The highest BCUT2D eigenvalue weighted by atomic mass is 32.2. The Labute approximate surface area is 158 Å². The number of hydrogen-bond donors (Lipinski definition) is 1. The summed E-state index contributed by atoms with van der Waals surface area (Å²) in [6, 6.07) is 9.00. The summed E-state index contributed by atoms with van der Waals surface area (Å²) in [7, 11) is -3.81. The van der Waals surface area contributed by atoms with E-state index in [0.717, 1.165) is 6.07 Å². The van der Waals surface area contributed by atoms with Gasteiger partial charge >= 0.3 is 0 Å². The maximum absolute atomic E-state index is 13.8. The first-order chi connectivity index (χ1) is 13.0. The Morgan fingerprint density at radius 1 is 1.19 bits per heavy atom. The van der Waals surface area contributed by atoms with Crippen LogP contribution in [0.3, 0.4) is 0 Å². The normalized spacial score (nSPS) is 16.3. The van der Waals surface area contributed by atoms with Crippen molar-refractivity contribution in [3.05, 3.63) is 54.2 Å². The summed E-state index contributed by atoms with van der Waals surface area (Å²) in [5.41, 5.74) is 0. The number of carbonyl (C=O) groups is 1. The van der Waals surface area contributed by atoms with Gasteiger partial charge in [0.05, 0.1) is 12.8 Å². The number of halogens is 1. The van der Waals surface area contributed by atoms with E-state index in [1.165, 1.54) is 22.5 Å². The molecular weight excluding hydrogens is 371 g/mol. The van der Waals surface area contributed by atoms with E-state index in [-0.39, 0.29) is 16.7 Å². The predicted molar refractivity (Wildman–Crippen MR) is 97.7 cm³/mol. The minimum atomic E-state index is -3.81. The summed E-state index contributed by atoms with van der Waals surface area (Å²) in [4.78, 5) is 11.6. The fraction of sp³-hybridized carbons (Fsp3) is 0.421. The van der Waals surface area contributed by atoms with E-state index in [1.807, 2.05) is 0 Å². The molecule has 1 aliphatic rings. The number of carbonyl (C=O) groups excluding carboxylic acids is 1. The van der Waals surface area contributed by atoms with E-state index < -0.39 is 15.8 Å². The molecule has 146 valence electrons. The topological polar surface area (TPSA) is 79.6 Å². The molecule has 1 N–H and O–H groups in total. The molecule has 2 aromatic rings. The third-order valence-corrected chi connectivity index (χ3v) is 6.78. The number of nitrogens with one attached hydrogen (secondary N) is 1. The maximum Gasteiger partial charge on any atom is 0.245 e. The van der Waals surface area contributed by atoms with E-state index >= 15 is 0 Å². The first kappa shape index (κ1) is 19.6. The molecule has 6 nitrogen and oxygen atoms in total. The van der Waals surface area contributed by atoms with Crippen molar-refractivity contribution in [3.63, 3.8) is 0 Å². The highest BCUT2D eigenvalue weighted by Crippen LogP contribution is 2.27. The molecular formula is C19H23FN2O4S. The monoisotopic (exact) mass is 394 g/mol. The molecule has 0 atom stereocenters. The molecule has 8 heteroatoms. The average Bonchev–Trinajstić information content (AvgIpc) is 3.19. The predicted octanol–water partition coefficient (Wildman–Crippen LogP) is 2.92. The number of furan rings is 1. The van der Waals surface area contributed by atoms with Crippen LogP contribution >= 0.6 is 0 Å². The van der Waals surface area contributed by atoms with Crippen molar-refractivity contribution in [2.45, 2.75) is 37.1 Å². The molecule has 1 aliphatic heterocycles. The quantitative estimate of drug-likeness (QED) is 0.783. The van der Waals surface area contributed by atoms with Crippen molar-refractivity contribution in [1.29, 1.82) is 0 Å². The lowest BCUT2D eigenvalue weighted by molar-refractivity contribution is -0.121. The molecule has 1 aromatic heterocycles. The minimum Gasteiger partial charge on any atom is -0.467 e. The number of piperidine rings is 1. The van der Waals surface area contributed by atoms with Crippen molar-refractivity contribution < 1.29 is 22.0 Å². The van der Waals surface area contributed by atoms with E-state index in [9.17, 15) is 17.6 Å². The second-order valence-corrected chi connectivity index (χ2v) is 8.58. The molecule has 0 bridgehead atoms. The van der Waals surface area contributed by atoms with Crippen LogP contribution in [0.5, 0.6) is 0 Å². The van der Waals surface area contributed by atoms with E-state index in [0.29, 0.717) is 51.1 Å². The molecule has 2 heterocycles. The lowest BCUT2D eigenvalue weighted by atomic mass is 9.93. The number of sulfonamides is 1. The largest absolute Gasteiger partial charge is 0.467 e. The molecule has 1 fully saturated rings. The Bertz CT molecular complexity index is 860. The highest BCUT2D eigenvalue weighted by Gasteiger charge is 2.31. The van der Waals surface area contributed by atoms with Gasteiger partial charge in [-0.3, -0.25) is 4.79 Å². The Morgan fingerprint density at radius 3 is 2.59 bits per heavy atom. The zero-order valence-electron chi connectivity index (χ0n) is 14.9. The van der Waals surface area contributed by atoms with Gasteiger partial charge < -0.3 is 9.73 Å². The van der Waals surface area contributed by atoms with Gasteiger partial charge in [0.2, 0.25) is 15.9 Å². The molecule has 27 heavy (non-hydrogen) atoms. The van der Waals surface area contributed by atoms with Crippen LogP contribution in [0.2, 0.25) is 0 Å². The number of amides is 1. The standard InChI is InChI=1S/C19H23FN2O4S/c20-17-5-1-2-6-18(17)27(24,25)22-11-9-15(10-12-22)7-8-19(23)21-14-16-4-3-13-26-16/h1-6,13,15H,7-12,14H2,(H,21,23). The molecule has 0 saturated carbocycles. The van der Waals surface area contributed by atoms with Gasteiger partial charge in [0.25, 0.3) is 0 Å². The molecule has 1 aromatic carbocycles.